The molecule has 1 fully saturated rings. The normalized spacial score (nSPS) is 20.2. The fourth-order valence-electron chi connectivity index (χ4n) is 2.62. The summed E-state index contributed by atoms with van der Waals surface area (Å²) >= 11 is 1.34. The fourth-order valence-corrected chi connectivity index (χ4v) is 3.74. The molecule has 1 saturated heterocycles. The predicted octanol–water partition coefficient (Wildman–Crippen LogP) is 0.472. The molecule has 2 amide bonds. The van der Waals surface area contributed by atoms with Gasteiger partial charge in [-0.25, -0.2) is 0 Å². The van der Waals surface area contributed by atoms with Gasteiger partial charge in [-0.15, -0.1) is 0 Å². The van der Waals surface area contributed by atoms with Crippen LogP contribution in [0.3, 0.4) is 0 Å². The van der Waals surface area contributed by atoms with E-state index >= 15 is 0 Å². The van der Waals surface area contributed by atoms with Crippen molar-refractivity contribution in [1.82, 2.24) is 4.90 Å². The molecule has 1 aromatic carbocycles. The van der Waals surface area contributed by atoms with Crippen LogP contribution in [0.25, 0.3) is 0 Å². The van der Waals surface area contributed by atoms with Gasteiger partial charge < -0.3 is 20.1 Å². The van der Waals surface area contributed by atoms with Crippen LogP contribution in [0.4, 0.5) is 5.69 Å². The van der Waals surface area contributed by atoms with Gasteiger partial charge in [0.15, 0.2) is 5.17 Å². The number of benzene rings is 1. The van der Waals surface area contributed by atoms with Gasteiger partial charge in [-0.2, -0.15) is 4.99 Å². The summed E-state index contributed by atoms with van der Waals surface area (Å²) in [6.45, 7) is 1.81. The molecule has 1 aromatic rings. The van der Waals surface area contributed by atoms with E-state index in [0.717, 1.165) is 25.9 Å². The van der Waals surface area contributed by atoms with Crippen molar-refractivity contribution < 1.29 is 19.5 Å². The first-order chi connectivity index (χ1) is 11.5. The minimum atomic E-state index is -1.27. The summed E-state index contributed by atoms with van der Waals surface area (Å²) in [6, 6.07) is 5.68. The molecule has 0 aromatic heterocycles. The molecule has 0 spiro atoms. The number of carboxylic acid groups (broad SMARTS) is 1. The van der Waals surface area contributed by atoms with Crippen LogP contribution >= 0.6 is 11.8 Å². The van der Waals surface area contributed by atoms with Crippen LogP contribution < -0.4 is 10.4 Å². The number of rotatable bonds is 4. The summed E-state index contributed by atoms with van der Waals surface area (Å²) in [5.41, 5.74) is 0.513. The van der Waals surface area contributed by atoms with E-state index in [2.05, 4.69) is 15.2 Å². The molecule has 24 heavy (non-hydrogen) atoms. The first-order valence-electron chi connectivity index (χ1n) is 7.68. The number of amides is 2. The van der Waals surface area contributed by atoms with Crippen molar-refractivity contribution in [2.75, 3.05) is 18.4 Å². The maximum absolute atomic E-state index is 12.1. The van der Waals surface area contributed by atoms with Gasteiger partial charge in [0.05, 0.1) is 5.97 Å². The highest BCUT2D eigenvalue weighted by Gasteiger charge is 2.33. The Morgan fingerprint density at radius 3 is 2.54 bits per heavy atom. The van der Waals surface area contributed by atoms with Crippen molar-refractivity contribution in [3.8, 4) is 0 Å². The van der Waals surface area contributed by atoms with Crippen molar-refractivity contribution in [2.24, 2.45) is 4.99 Å². The highest BCUT2D eigenvalue weighted by Crippen LogP contribution is 2.29. The Labute approximate surface area is 143 Å². The molecular weight excluding hydrogens is 330 g/mol. The van der Waals surface area contributed by atoms with Gasteiger partial charge in [0, 0.05) is 25.2 Å². The van der Waals surface area contributed by atoms with Crippen LogP contribution in [-0.4, -0.2) is 46.2 Å². The number of hydrogen-bond acceptors (Lipinski definition) is 6. The Morgan fingerprint density at radius 1 is 1.25 bits per heavy atom. The third-order valence-electron chi connectivity index (χ3n) is 3.88. The summed E-state index contributed by atoms with van der Waals surface area (Å²) in [4.78, 5) is 40.9. The lowest BCUT2D eigenvalue weighted by atomic mass is 10.2. The lowest BCUT2D eigenvalue weighted by Crippen LogP contribution is -2.25. The molecule has 2 aliphatic rings. The van der Waals surface area contributed by atoms with Crippen LogP contribution in [0.2, 0.25) is 0 Å². The van der Waals surface area contributed by atoms with Gasteiger partial charge >= 0.3 is 0 Å². The van der Waals surface area contributed by atoms with Gasteiger partial charge in [-0.05, 0) is 30.5 Å². The summed E-state index contributed by atoms with van der Waals surface area (Å²) in [5.74, 6) is -1.85. The second-order valence-electron chi connectivity index (χ2n) is 5.65. The first kappa shape index (κ1) is 16.5. The van der Waals surface area contributed by atoms with Crippen LogP contribution in [0, 0.1) is 0 Å². The van der Waals surface area contributed by atoms with Gasteiger partial charge in [0.1, 0.15) is 5.25 Å². The Kier molecular flexibility index (Phi) is 4.84. The zero-order chi connectivity index (χ0) is 17.1. The third kappa shape index (κ3) is 3.76. The van der Waals surface area contributed by atoms with E-state index in [9.17, 15) is 19.5 Å². The molecule has 2 heterocycles. The van der Waals surface area contributed by atoms with Gasteiger partial charge in [-0.1, -0.05) is 23.9 Å². The number of anilines is 1. The molecular formula is C16H16N3O4S-. The number of thioether (sulfide) groups is 1. The third-order valence-corrected chi connectivity index (χ3v) is 5.09. The zero-order valence-corrected chi connectivity index (χ0v) is 13.7. The lowest BCUT2D eigenvalue weighted by Gasteiger charge is -2.16. The van der Waals surface area contributed by atoms with Gasteiger partial charge in [0.2, 0.25) is 5.91 Å². The first-order valence-corrected chi connectivity index (χ1v) is 8.56. The van der Waals surface area contributed by atoms with E-state index in [1.807, 2.05) is 0 Å². The monoisotopic (exact) mass is 346 g/mol. The maximum atomic E-state index is 12.1. The second-order valence-corrected chi connectivity index (χ2v) is 6.82. The highest BCUT2D eigenvalue weighted by atomic mass is 32.2. The van der Waals surface area contributed by atoms with E-state index < -0.39 is 11.2 Å². The number of likely N-dealkylation sites (tertiary alicyclic amines) is 1. The lowest BCUT2D eigenvalue weighted by molar-refractivity contribution is -0.255. The van der Waals surface area contributed by atoms with Crippen molar-refractivity contribution in [3.05, 3.63) is 29.8 Å². The number of nitrogens with one attached hydrogen (secondary N) is 1. The van der Waals surface area contributed by atoms with Crippen LogP contribution in [0.15, 0.2) is 29.3 Å². The average Bonchev–Trinajstić information content (AvgIpc) is 3.18. The molecule has 0 aliphatic carbocycles. The van der Waals surface area contributed by atoms with E-state index in [0.29, 0.717) is 10.9 Å². The number of carbonyl (C=O) groups is 3. The van der Waals surface area contributed by atoms with Crippen molar-refractivity contribution in [2.45, 2.75) is 24.5 Å². The van der Waals surface area contributed by atoms with Gasteiger partial charge in [0.25, 0.3) is 5.91 Å². The molecule has 0 bridgehead atoms. The molecule has 2 aliphatic heterocycles. The van der Waals surface area contributed by atoms with E-state index in [1.165, 1.54) is 36.0 Å². The second kappa shape index (κ2) is 7.04. The SMILES string of the molecule is O=C(C[C@@H]1SC(N2CCCC2)=NC1=O)Nc1ccc(C(=O)[O-])cc1. The number of aromatic carboxylic acids is 1. The van der Waals surface area contributed by atoms with Crippen LogP contribution in [0.1, 0.15) is 29.6 Å². The van der Waals surface area contributed by atoms with E-state index in [1.54, 1.807) is 0 Å². The van der Waals surface area contributed by atoms with Crippen LogP contribution in [-0.2, 0) is 9.59 Å². The minimum absolute atomic E-state index is 0.0343. The number of amidine groups is 1. The topological polar surface area (TPSA) is 102 Å². The number of carboxylic acids is 1. The Bertz CT molecular complexity index is 696. The average molecular weight is 346 g/mol. The van der Waals surface area contributed by atoms with Crippen molar-refractivity contribution in [3.63, 3.8) is 0 Å². The summed E-state index contributed by atoms with van der Waals surface area (Å²) in [6.07, 6.45) is 2.23. The zero-order valence-electron chi connectivity index (χ0n) is 12.9. The van der Waals surface area contributed by atoms with Crippen molar-refractivity contribution in [1.29, 1.82) is 0 Å². The highest BCUT2D eigenvalue weighted by molar-refractivity contribution is 8.15. The van der Waals surface area contributed by atoms with Gasteiger partial charge in [-0.3, -0.25) is 9.59 Å². The molecule has 0 unspecified atom stereocenters. The molecule has 7 nitrogen and oxygen atoms in total. The summed E-state index contributed by atoms with van der Waals surface area (Å²) < 4.78 is 0. The Balaban J connectivity index is 1.53. The molecule has 126 valence electrons. The standard InChI is InChI=1S/C16H17N3O4S/c20-13(17-11-5-3-10(4-6-11)15(22)23)9-12-14(21)18-16(24-12)19-7-1-2-8-19/h3-6,12H,1-2,7-9H2,(H,17,20)(H,22,23)/p-1/t12-/m0/s1. The van der Waals surface area contributed by atoms with E-state index in [-0.39, 0.29) is 23.8 Å². The summed E-state index contributed by atoms with van der Waals surface area (Å²) in [7, 11) is 0. The summed E-state index contributed by atoms with van der Waals surface area (Å²) in [5, 5.41) is 13.6. The smallest absolute Gasteiger partial charge is 0.262 e. The Morgan fingerprint density at radius 2 is 1.92 bits per heavy atom. The largest absolute Gasteiger partial charge is 0.545 e. The van der Waals surface area contributed by atoms with E-state index in [4.69, 9.17) is 0 Å². The maximum Gasteiger partial charge on any atom is 0.262 e. The number of carbonyl (C=O) groups excluding carboxylic acids is 3. The van der Waals surface area contributed by atoms with Crippen LogP contribution in [0.5, 0.6) is 0 Å². The fraction of sp³-hybridized carbons (Fsp3) is 0.375. The molecule has 0 saturated carbocycles. The van der Waals surface area contributed by atoms with Crippen molar-refractivity contribution >= 4 is 40.4 Å². The predicted molar refractivity (Wildman–Crippen MR) is 88.6 cm³/mol. The number of nitrogens with zero attached hydrogens (tertiary/aromatic N) is 2. The number of hydrogen-bond donors (Lipinski definition) is 1. The molecule has 8 heteroatoms. The molecule has 1 atom stereocenters. The quantitative estimate of drug-likeness (QED) is 0.850. The molecule has 1 N–H and O–H groups in total. The Hall–Kier alpha value is -2.35. The molecule has 3 rings (SSSR count). The number of aliphatic imine (C=N–C) groups is 1. The minimum Gasteiger partial charge on any atom is -0.545 e. The molecule has 0 radical (unpaired) electrons.